The first-order valence-corrected chi connectivity index (χ1v) is 19.4. The first-order valence-electron chi connectivity index (χ1n) is 19.4. The Morgan fingerprint density at radius 2 is 0.851 bits per heavy atom. The van der Waals surface area contributed by atoms with Gasteiger partial charge in [-0.1, -0.05) is 134 Å². The normalized spacial score (nSPS) is 12.3. The fraction of sp³-hybridized carbons (Fsp3) is 0.780. The maximum Gasteiger partial charge on any atom is 0.306 e. The highest BCUT2D eigenvalue weighted by molar-refractivity contribution is 5.70. The van der Waals surface area contributed by atoms with Crippen molar-refractivity contribution in [2.75, 3.05) is 13.2 Å². The van der Waals surface area contributed by atoms with Crippen LogP contribution < -0.4 is 0 Å². The van der Waals surface area contributed by atoms with Crippen molar-refractivity contribution in [3.8, 4) is 0 Å². The smallest absolute Gasteiger partial charge is 0.306 e. The van der Waals surface area contributed by atoms with Crippen LogP contribution in [0.2, 0.25) is 0 Å². The molecule has 1 atom stereocenters. The highest BCUT2D eigenvalue weighted by atomic mass is 16.6. The number of rotatable bonds is 34. The van der Waals surface area contributed by atoms with Gasteiger partial charge in [0.25, 0.3) is 0 Å². The van der Waals surface area contributed by atoms with Crippen LogP contribution in [-0.2, 0) is 28.6 Å². The zero-order valence-electron chi connectivity index (χ0n) is 30.8. The molecule has 0 spiro atoms. The van der Waals surface area contributed by atoms with Gasteiger partial charge in [-0.25, -0.2) is 0 Å². The third-order valence-corrected chi connectivity index (χ3v) is 8.18. The SMILES string of the molecule is CCCCC/C=C\C/C=C\CCCCCCCC(=O)OC(COC(C)=O)COC(=O)CCCCCCC/C=C\CCCCCCCC. The summed E-state index contributed by atoms with van der Waals surface area (Å²) in [4.78, 5) is 35.9. The Morgan fingerprint density at radius 1 is 0.468 bits per heavy atom. The fourth-order valence-electron chi connectivity index (χ4n) is 5.25. The molecule has 0 N–H and O–H groups in total. The quantitative estimate of drug-likeness (QED) is 0.0296. The van der Waals surface area contributed by atoms with E-state index in [0.29, 0.717) is 12.8 Å². The maximum atomic E-state index is 12.4. The lowest BCUT2D eigenvalue weighted by Crippen LogP contribution is -2.30. The minimum atomic E-state index is -0.776. The van der Waals surface area contributed by atoms with Gasteiger partial charge in [-0.15, -0.1) is 0 Å². The fourth-order valence-corrected chi connectivity index (χ4v) is 5.25. The van der Waals surface area contributed by atoms with E-state index in [0.717, 1.165) is 70.6 Å². The second-order valence-corrected chi connectivity index (χ2v) is 12.9. The second kappa shape index (κ2) is 36.5. The Bertz CT molecular complexity index is 815. The van der Waals surface area contributed by atoms with Gasteiger partial charge in [0.05, 0.1) is 0 Å². The van der Waals surface area contributed by atoms with Crippen molar-refractivity contribution in [2.45, 2.75) is 194 Å². The molecule has 272 valence electrons. The Morgan fingerprint density at radius 3 is 1.36 bits per heavy atom. The topological polar surface area (TPSA) is 78.9 Å². The van der Waals surface area contributed by atoms with Crippen molar-refractivity contribution < 1.29 is 28.6 Å². The Labute approximate surface area is 289 Å². The highest BCUT2D eigenvalue weighted by Crippen LogP contribution is 2.12. The zero-order chi connectivity index (χ0) is 34.5. The van der Waals surface area contributed by atoms with Gasteiger partial charge in [-0.05, 0) is 70.6 Å². The summed E-state index contributed by atoms with van der Waals surface area (Å²) in [6.45, 7) is 5.59. The molecule has 0 aliphatic heterocycles. The van der Waals surface area contributed by atoms with E-state index >= 15 is 0 Å². The van der Waals surface area contributed by atoms with Crippen LogP contribution in [0.5, 0.6) is 0 Å². The predicted molar refractivity (Wildman–Crippen MR) is 196 cm³/mol. The van der Waals surface area contributed by atoms with E-state index in [-0.39, 0.29) is 25.2 Å². The van der Waals surface area contributed by atoms with Crippen molar-refractivity contribution in [1.82, 2.24) is 0 Å². The molecule has 6 nitrogen and oxygen atoms in total. The second-order valence-electron chi connectivity index (χ2n) is 12.9. The van der Waals surface area contributed by atoms with Crippen molar-refractivity contribution in [1.29, 1.82) is 0 Å². The third kappa shape index (κ3) is 36.3. The summed E-state index contributed by atoms with van der Waals surface area (Å²) in [7, 11) is 0. The van der Waals surface area contributed by atoms with Crippen LogP contribution in [0.3, 0.4) is 0 Å². The van der Waals surface area contributed by atoms with Crippen LogP contribution in [0, 0.1) is 0 Å². The van der Waals surface area contributed by atoms with Crippen molar-refractivity contribution >= 4 is 17.9 Å². The molecule has 0 bridgehead atoms. The summed E-state index contributed by atoms with van der Waals surface area (Å²) < 4.78 is 15.9. The first kappa shape index (κ1) is 44.6. The van der Waals surface area contributed by atoms with Gasteiger partial charge in [-0.3, -0.25) is 14.4 Å². The first-order chi connectivity index (χ1) is 23.0. The lowest BCUT2D eigenvalue weighted by molar-refractivity contribution is -0.166. The van der Waals surface area contributed by atoms with Crippen LogP contribution in [0.4, 0.5) is 0 Å². The van der Waals surface area contributed by atoms with E-state index in [1.165, 1.54) is 90.4 Å². The number of hydrogen-bond donors (Lipinski definition) is 0. The van der Waals surface area contributed by atoms with Gasteiger partial charge in [0.15, 0.2) is 6.10 Å². The minimum absolute atomic E-state index is 0.0922. The molecule has 6 heteroatoms. The molecule has 0 fully saturated rings. The molecular formula is C41H72O6. The predicted octanol–water partition coefficient (Wildman–Crippen LogP) is 11.9. The molecule has 1 unspecified atom stereocenters. The van der Waals surface area contributed by atoms with Crippen LogP contribution in [0.15, 0.2) is 36.5 Å². The molecule has 0 aliphatic rings. The van der Waals surface area contributed by atoms with Gasteiger partial charge in [0.1, 0.15) is 13.2 Å². The van der Waals surface area contributed by atoms with E-state index < -0.39 is 12.1 Å². The van der Waals surface area contributed by atoms with E-state index in [4.69, 9.17) is 14.2 Å². The summed E-state index contributed by atoms with van der Waals surface area (Å²) in [6, 6.07) is 0. The Balaban J connectivity index is 3.90. The number of carbonyl (C=O) groups is 3. The molecule has 0 radical (unpaired) electrons. The lowest BCUT2D eigenvalue weighted by atomic mass is 10.1. The molecule has 0 aromatic heterocycles. The average Bonchev–Trinajstić information content (AvgIpc) is 3.05. The van der Waals surface area contributed by atoms with Gasteiger partial charge in [0, 0.05) is 19.8 Å². The van der Waals surface area contributed by atoms with Gasteiger partial charge >= 0.3 is 17.9 Å². The lowest BCUT2D eigenvalue weighted by Gasteiger charge is -2.17. The summed E-state index contributed by atoms with van der Waals surface area (Å²) >= 11 is 0. The highest BCUT2D eigenvalue weighted by Gasteiger charge is 2.18. The molecule has 47 heavy (non-hydrogen) atoms. The molecule has 0 aromatic rings. The van der Waals surface area contributed by atoms with Gasteiger partial charge < -0.3 is 14.2 Å². The molecule has 0 saturated carbocycles. The summed E-state index contributed by atoms with van der Waals surface area (Å²) in [5.74, 6) is -1.11. The number of hydrogen-bond acceptors (Lipinski definition) is 6. The van der Waals surface area contributed by atoms with Crippen LogP contribution in [0.1, 0.15) is 188 Å². The Hall–Kier alpha value is -2.37. The largest absolute Gasteiger partial charge is 0.462 e. The molecule has 0 heterocycles. The number of carbonyl (C=O) groups excluding carboxylic acids is 3. The molecule has 0 aromatic carbocycles. The molecule has 0 amide bonds. The van der Waals surface area contributed by atoms with E-state index in [1.807, 2.05) is 0 Å². The van der Waals surface area contributed by atoms with Crippen LogP contribution in [-0.4, -0.2) is 37.2 Å². The van der Waals surface area contributed by atoms with Gasteiger partial charge in [-0.2, -0.15) is 0 Å². The summed E-state index contributed by atoms with van der Waals surface area (Å²) in [5, 5.41) is 0. The van der Waals surface area contributed by atoms with Crippen molar-refractivity contribution in [3.05, 3.63) is 36.5 Å². The third-order valence-electron chi connectivity index (χ3n) is 8.18. The summed E-state index contributed by atoms with van der Waals surface area (Å²) in [5.41, 5.74) is 0. The molecular weight excluding hydrogens is 588 g/mol. The number of ether oxygens (including phenoxy) is 3. The molecule has 0 aliphatic carbocycles. The molecule has 0 saturated heterocycles. The average molecular weight is 661 g/mol. The summed E-state index contributed by atoms with van der Waals surface area (Å²) in [6.07, 6.45) is 41.5. The molecule has 0 rings (SSSR count). The van der Waals surface area contributed by atoms with Crippen LogP contribution in [0.25, 0.3) is 0 Å². The van der Waals surface area contributed by atoms with Crippen molar-refractivity contribution in [2.24, 2.45) is 0 Å². The monoisotopic (exact) mass is 661 g/mol. The number of allylic oxidation sites excluding steroid dienone is 6. The minimum Gasteiger partial charge on any atom is -0.462 e. The zero-order valence-corrected chi connectivity index (χ0v) is 30.8. The number of unbranched alkanes of at least 4 members (excludes halogenated alkanes) is 19. The van der Waals surface area contributed by atoms with E-state index in [9.17, 15) is 14.4 Å². The van der Waals surface area contributed by atoms with E-state index in [1.54, 1.807) is 0 Å². The Kier molecular flexibility index (Phi) is 34.6. The van der Waals surface area contributed by atoms with Crippen LogP contribution >= 0.6 is 0 Å². The van der Waals surface area contributed by atoms with E-state index in [2.05, 4.69) is 50.3 Å². The standard InChI is InChI=1S/C41H72O6/c1-4-6-8-10-12-14-16-18-20-22-24-26-28-30-32-34-40(43)46-37-39(36-45-38(3)42)47-41(44)35-33-31-29-27-25-23-21-19-17-15-13-11-9-7-5-2/h13,15,18-21,39H,4-12,14,16-17,22-37H2,1-3H3/b15-13-,20-18-,21-19-. The number of esters is 3. The van der Waals surface area contributed by atoms with Gasteiger partial charge in [0.2, 0.25) is 0 Å². The maximum absolute atomic E-state index is 12.4. The van der Waals surface area contributed by atoms with Crippen molar-refractivity contribution in [3.63, 3.8) is 0 Å².